The second kappa shape index (κ2) is 7.55. The van der Waals surface area contributed by atoms with E-state index in [0.29, 0.717) is 24.0 Å². The molecule has 1 aromatic carbocycles. The molecule has 3 aromatic rings. The number of nitrogens with zero attached hydrogens (tertiary/aromatic N) is 4. The first kappa shape index (κ1) is 17.8. The highest BCUT2D eigenvalue weighted by Gasteiger charge is 2.23. The average molecular weight is 379 g/mol. The van der Waals surface area contributed by atoms with Crippen LogP contribution in [0.1, 0.15) is 17.7 Å². The number of aryl methyl sites for hydroxylation is 2. The van der Waals surface area contributed by atoms with E-state index in [1.807, 2.05) is 31.2 Å². The number of hydrogen-bond donors (Lipinski definition) is 3. The maximum absolute atomic E-state index is 12.1. The van der Waals surface area contributed by atoms with Crippen molar-refractivity contribution in [3.05, 3.63) is 47.9 Å². The van der Waals surface area contributed by atoms with E-state index in [1.165, 1.54) is 7.11 Å². The molecule has 0 atom stereocenters. The third kappa shape index (κ3) is 3.73. The molecule has 28 heavy (non-hydrogen) atoms. The molecule has 0 saturated heterocycles. The van der Waals surface area contributed by atoms with E-state index < -0.39 is 0 Å². The van der Waals surface area contributed by atoms with Crippen LogP contribution in [0.2, 0.25) is 0 Å². The minimum atomic E-state index is -0.349. The van der Waals surface area contributed by atoms with Gasteiger partial charge < -0.3 is 15.4 Å². The molecule has 3 heterocycles. The Morgan fingerprint density at radius 2 is 2.00 bits per heavy atom. The number of amides is 1. The van der Waals surface area contributed by atoms with Crippen LogP contribution < -0.4 is 15.5 Å². The molecule has 0 spiro atoms. The molecule has 0 radical (unpaired) electrons. The highest BCUT2D eigenvalue weighted by Crippen LogP contribution is 2.31. The third-order valence-electron chi connectivity index (χ3n) is 4.47. The number of fused-ring (bicyclic) bond motifs is 1. The van der Waals surface area contributed by atoms with Crippen molar-refractivity contribution in [2.75, 3.05) is 29.2 Å². The Labute approximate surface area is 162 Å². The monoisotopic (exact) mass is 379 g/mol. The largest absolute Gasteiger partial charge is 0.452 e. The van der Waals surface area contributed by atoms with Gasteiger partial charge in [0.05, 0.1) is 25.2 Å². The molecule has 0 saturated carbocycles. The topological polar surface area (TPSA) is 108 Å². The van der Waals surface area contributed by atoms with E-state index in [1.54, 1.807) is 17.3 Å². The number of hydrogen-bond acceptors (Lipinski definition) is 7. The van der Waals surface area contributed by atoms with Crippen LogP contribution in [0.3, 0.4) is 0 Å². The van der Waals surface area contributed by atoms with Gasteiger partial charge in [0.25, 0.3) is 0 Å². The number of benzene rings is 1. The summed E-state index contributed by atoms with van der Waals surface area (Å²) >= 11 is 0. The van der Waals surface area contributed by atoms with Crippen molar-refractivity contribution in [2.24, 2.45) is 0 Å². The van der Waals surface area contributed by atoms with Crippen molar-refractivity contribution < 1.29 is 9.53 Å². The summed E-state index contributed by atoms with van der Waals surface area (Å²) in [6, 6.07) is 7.81. The lowest BCUT2D eigenvalue weighted by atomic mass is 10.0. The van der Waals surface area contributed by atoms with Crippen molar-refractivity contribution in [1.29, 1.82) is 0 Å². The second-order valence-electron chi connectivity index (χ2n) is 6.54. The molecule has 4 rings (SSSR count). The van der Waals surface area contributed by atoms with E-state index >= 15 is 0 Å². The number of nitrogens with one attached hydrogen (secondary N) is 3. The van der Waals surface area contributed by atoms with Gasteiger partial charge in [-0.2, -0.15) is 5.10 Å². The smallest absolute Gasteiger partial charge is 0.414 e. The number of aromatic nitrogens is 4. The molecule has 1 aliphatic heterocycles. The maximum Gasteiger partial charge on any atom is 0.414 e. The Balaban J connectivity index is 1.54. The van der Waals surface area contributed by atoms with Gasteiger partial charge in [0.2, 0.25) is 0 Å². The quantitative estimate of drug-likeness (QED) is 0.636. The number of H-pyrrole nitrogens is 1. The fraction of sp³-hybridized carbons (Fsp3) is 0.263. The molecule has 1 amide bonds. The minimum Gasteiger partial charge on any atom is -0.452 e. The summed E-state index contributed by atoms with van der Waals surface area (Å²) in [6.07, 6.45) is 4.77. The first-order valence-corrected chi connectivity index (χ1v) is 8.99. The average Bonchev–Trinajstić information content (AvgIpc) is 3.11. The van der Waals surface area contributed by atoms with Gasteiger partial charge in [-0.3, -0.25) is 15.0 Å². The summed E-state index contributed by atoms with van der Waals surface area (Å²) < 4.78 is 4.91. The number of methoxy groups -OCH3 is 1. The number of carbonyl (C=O) groups excluding carboxylic acids is 1. The van der Waals surface area contributed by atoms with E-state index in [9.17, 15) is 4.79 Å². The van der Waals surface area contributed by atoms with Gasteiger partial charge >= 0.3 is 6.09 Å². The van der Waals surface area contributed by atoms with E-state index in [2.05, 4.69) is 30.8 Å². The van der Waals surface area contributed by atoms with Crippen LogP contribution in [-0.4, -0.2) is 39.9 Å². The van der Waals surface area contributed by atoms with E-state index in [0.717, 1.165) is 35.5 Å². The number of aromatic amines is 1. The SMILES string of the molecule is COC(=O)N1CCCc2ccc(Nc3cncc(Nc4cc(C)[nH]n4)n3)cc21. The summed E-state index contributed by atoms with van der Waals surface area (Å²) in [5.74, 6) is 1.83. The minimum absolute atomic E-state index is 0.349. The molecule has 144 valence electrons. The Kier molecular flexibility index (Phi) is 4.79. The van der Waals surface area contributed by atoms with Crippen LogP contribution in [0.15, 0.2) is 36.7 Å². The van der Waals surface area contributed by atoms with Crippen LogP contribution >= 0.6 is 0 Å². The lowest BCUT2D eigenvalue weighted by Crippen LogP contribution is -2.35. The molecule has 0 fully saturated rings. The predicted molar refractivity (Wildman–Crippen MR) is 106 cm³/mol. The van der Waals surface area contributed by atoms with Crippen molar-refractivity contribution in [3.63, 3.8) is 0 Å². The van der Waals surface area contributed by atoms with E-state index in [-0.39, 0.29) is 6.09 Å². The summed E-state index contributed by atoms with van der Waals surface area (Å²) in [4.78, 5) is 22.5. The number of ether oxygens (including phenoxy) is 1. The zero-order chi connectivity index (χ0) is 19.5. The lowest BCUT2D eigenvalue weighted by Gasteiger charge is -2.28. The lowest BCUT2D eigenvalue weighted by molar-refractivity contribution is 0.178. The molecule has 3 N–H and O–H groups in total. The second-order valence-corrected chi connectivity index (χ2v) is 6.54. The van der Waals surface area contributed by atoms with E-state index in [4.69, 9.17) is 4.74 Å². The highest BCUT2D eigenvalue weighted by atomic mass is 16.5. The Morgan fingerprint density at radius 1 is 1.18 bits per heavy atom. The number of carbonyl (C=O) groups is 1. The number of rotatable bonds is 4. The molecule has 0 unspecified atom stereocenters. The Morgan fingerprint density at radius 3 is 2.75 bits per heavy atom. The van der Waals surface area contributed by atoms with Gasteiger partial charge in [0.15, 0.2) is 17.5 Å². The summed E-state index contributed by atoms with van der Waals surface area (Å²) in [6.45, 7) is 2.57. The van der Waals surface area contributed by atoms with Crippen molar-refractivity contribution in [2.45, 2.75) is 19.8 Å². The molecule has 9 nitrogen and oxygen atoms in total. The molecule has 0 bridgehead atoms. The van der Waals surface area contributed by atoms with Crippen LogP contribution in [0.4, 0.5) is 33.6 Å². The standard InChI is InChI=1S/C19H21N7O2/c1-12-8-16(25-24-12)22-18-11-20-10-17(23-18)21-14-6-5-13-4-3-7-26(15(13)9-14)19(27)28-2/h5-6,8-11H,3-4,7H2,1-2H3,(H3,21,22,23,24,25). The van der Waals surface area contributed by atoms with Crippen molar-refractivity contribution in [1.82, 2.24) is 20.2 Å². The fourth-order valence-electron chi connectivity index (χ4n) is 3.20. The normalized spacial score (nSPS) is 13.0. The molecular weight excluding hydrogens is 358 g/mol. The molecule has 9 heteroatoms. The molecule has 2 aromatic heterocycles. The van der Waals surface area contributed by atoms with Crippen molar-refractivity contribution in [3.8, 4) is 0 Å². The van der Waals surface area contributed by atoms with Gasteiger partial charge in [-0.15, -0.1) is 0 Å². The first-order valence-electron chi connectivity index (χ1n) is 8.99. The maximum atomic E-state index is 12.1. The van der Waals surface area contributed by atoms with Gasteiger partial charge in [-0.1, -0.05) is 6.07 Å². The fourth-order valence-corrected chi connectivity index (χ4v) is 3.20. The van der Waals surface area contributed by atoms with Gasteiger partial charge in [0.1, 0.15) is 0 Å². The highest BCUT2D eigenvalue weighted by molar-refractivity contribution is 5.90. The Hall–Kier alpha value is -3.62. The van der Waals surface area contributed by atoms with Gasteiger partial charge in [0, 0.05) is 24.0 Å². The third-order valence-corrected chi connectivity index (χ3v) is 4.47. The molecule has 1 aliphatic rings. The summed E-state index contributed by atoms with van der Waals surface area (Å²) in [7, 11) is 1.40. The zero-order valence-corrected chi connectivity index (χ0v) is 15.7. The Bertz CT molecular complexity index is 1000. The predicted octanol–water partition coefficient (Wildman–Crippen LogP) is 3.51. The van der Waals surface area contributed by atoms with Crippen molar-refractivity contribution >= 4 is 34.9 Å². The van der Waals surface area contributed by atoms with Crippen LogP contribution in [0, 0.1) is 6.92 Å². The van der Waals surface area contributed by atoms with Crippen LogP contribution in [0.25, 0.3) is 0 Å². The first-order chi connectivity index (χ1) is 13.6. The molecular formula is C19H21N7O2. The number of anilines is 5. The van der Waals surface area contributed by atoms with Crippen LogP contribution in [-0.2, 0) is 11.2 Å². The van der Waals surface area contributed by atoms with Gasteiger partial charge in [-0.05, 0) is 37.5 Å². The zero-order valence-electron chi connectivity index (χ0n) is 15.7. The molecule has 0 aliphatic carbocycles. The van der Waals surface area contributed by atoms with Crippen LogP contribution in [0.5, 0.6) is 0 Å². The van der Waals surface area contributed by atoms with Gasteiger partial charge in [-0.25, -0.2) is 9.78 Å². The summed E-state index contributed by atoms with van der Waals surface area (Å²) in [5, 5.41) is 13.4. The summed E-state index contributed by atoms with van der Waals surface area (Å²) in [5.41, 5.74) is 3.75.